The predicted octanol–water partition coefficient (Wildman–Crippen LogP) is 0.751. The van der Waals surface area contributed by atoms with Gasteiger partial charge in [0.2, 0.25) is 12.7 Å². The second-order valence-corrected chi connectivity index (χ2v) is 5.26. The highest BCUT2D eigenvalue weighted by molar-refractivity contribution is 6.01. The highest BCUT2D eigenvalue weighted by Gasteiger charge is 2.22. The Morgan fingerprint density at radius 2 is 1.91 bits per heavy atom. The van der Waals surface area contributed by atoms with Crippen LogP contribution in [0.2, 0.25) is 0 Å². The summed E-state index contributed by atoms with van der Waals surface area (Å²) in [6.07, 6.45) is 1.64. The smallest absolute Gasteiger partial charge is 0.270 e. The van der Waals surface area contributed by atoms with Crippen LogP contribution >= 0.6 is 0 Å². The van der Waals surface area contributed by atoms with E-state index < -0.39 is 0 Å². The minimum atomic E-state index is -0.293. The first-order chi connectivity index (χ1) is 11.1. The maximum absolute atomic E-state index is 12.6. The van der Waals surface area contributed by atoms with E-state index in [1.54, 1.807) is 23.1 Å². The van der Waals surface area contributed by atoms with Crippen molar-refractivity contribution in [3.05, 3.63) is 29.5 Å². The number of rotatable bonds is 3. The van der Waals surface area contributed by atoms with Crippen molar-refractivity contribution in [1.29, 1.82) is 0 Å². The van der Waals surface area contributed by atoms with E-state index in [4.69, 9.17) is 14.2 Å². The summed E-state index contributed by atoms with van der Waals surface area (Å²) in [5, 5.41) is 2.61. The van der Waals surface area contributed by atoms with E-state index in [0.717, 1.165) is 5.56 Å². The van der Waals surface area contributed by atoms with Gasteiger partial charge in [0.15, 0.2) is 11.5 Å². The number of morpholine rings is 1. The fourth-order valence-corrected chi connectivity index (χ4v) is 2.45. The largest absolute Gasteiger partial charge is 0.454 e. The normalized spacial score (nSPS) is 17.1. The molecule has 3 rings (SSSR count). The van der Waals surface area contributed by atoms with Gasteiger partial charge in [0.1, 0.15) is 5.70 Å². The van der Waals surface area contributed by atoms with E-state index in [1.165, 1.54) is 6.92 Å². The Morgan fingerprint density at radius 3 is 2.65 bits per heavy atom. The first kappa shape index (κ1) is 15.4. The molecule has 23 heavy (non-hydrogen) atoms. The molecule has 0 radical (unpaired) electrons. The number of hydrogen-bond acceptors (Lipinski definition) is 5. The minimum Gasteiger partial charge on any atom is -0.454 e. The lowest BCUT2D eigenvalue weighted by molar-refractivity contribution is -0.132. The van der Waals surface area contributed by atoms with Gasteiger partial charge in [-0.1, -0.05) is 6.07 Å². The van der Waals surface area contributed by atoms with Gasteiger partial charge in [-0.15, -0.1) is 0 Å². The lowest BCUT2D eigenvalue weighted by Gasteiger charge is -2.27. The zero-order chi connectivity index (χ0) is 16.2. The van der Waals surface area contributed by atoms with Gasteiger partial charge in [0.25, 0.3) is 5.91 Å². The Bertz CT molecular complexity index is 650. The van der Waals surface area contributed by atoms with Crippen LogP contribution in [0.25, 0.3) is 6.08 Å². The van der Waals surface area contributed by atoms with Gasteiger partial charge in [0.05, 0.1) is 13.2 Å². The third-order valence-corrected chi connectivity index (χ3v) is 3.55. The molecule has 2 aliphatic rings. The highest BCUT2D eigenvalue weighted by atomic mass is 16.7. The van der Waals surface area contributed by atoms with Crippen molar-refractivity contribution in [3.8, 4) is 11.5 Å². The van der Waals surface area contributed by atoms with Crippen LogP contribution in [-0.2, 0) is 14.3 Å². The Labute approximate surface area is 133 Å². The molecule has 2 amide bonds. The van der Waals surface area contributed by atoms with Crippen LogP contribution in [0, 0.1) is 0 Å². The van der Waals surface area contributed by atoms with Gasteiger partial charge >= 0.3 is 0 Å². The number of nitrogens with one attached hydrogen (secondary N) is 1. The van der Waals surface area contributed by atoms with Crippen LogP contribution in [0.3, 0.4) is 0 Å². The third kappa shape index (κ3) is 3.62. The first-order valence-electron chi connectivity index (χ1n) is 7.39. The van der Waals surface area contributed by atoms with E-state index in [-0.39, 0.29) is 24.3 Å². The molecule has 0 saturated carbocycles. The molecular formula is C16H18N2O5. The molecular weight excluding hydrogens is 300 g/mol. The maximum atomic E-state index is 12.6. The van der Waals surface area contributed by atoms with Crippen molar-refractivity contribution in [2.75, 3.05) is 33.1 Å². The fourth-order valence-electron chi connectivity index (χ4n) is 2.45. The van der Waals surface area contributed by atoms with E-state index in [2.05, 4.69) is 5.32 Å². The average Bonchev–Trinajstić information content (AvgIpc) is 3.01. The lowest BCUT2D eigenvalue weighted by Crippen LogP contribution is -2.44. The van der Waals surface area contributed by atoms with Gasteiger partial charge in [0, 0.05) is 20.0 Å². The number of carbonyl (C=O) groups is 2. The number of amides is 2. The number of benzene rings is 1. The zero-order valence-electron chi connectivity index (χ0n) is 12.8. The van der Waals surface area contributed by atoms with Gasteiger partial charge in [-0.05, 0) is 23.8 Å². The van der Waals surface area contributed by atoms with E-state index >= 15 is 0 Å². The van der Waals surface area contributed by atoms with Gasteiger partial charge in [-0.3, -0.25) is 9.59 Å². The molecule has 1 aromatic rings. The molecule has 1 N–H and O–H groups in total. The number of carbonyl (C=O) groups excluding carboxylic acids is 2. The maximum Gasteiger partial charge on any atom is 0.270 e. The molecule has 0 aliphatic carbocycles. The molecule has 1 fully saturated rings. The molecule has 1 aromatic carbocycles. The summed E-state index contributed by atoms with van der Waals surface area (Å²) in [6.45, 7) is 3.59. The van der Waals surface area contributed by atoms with Crippen molar-refractivity contribution in [1.82, 2.24) is 10.2 Å². The van der Waals surface area contributed by atoms with Crippen LogP contribution in [0.5, 0.6) is 11.5 Å². The number of fused-ring (bicyclic) bond motifs is 1. The summed E-state index contributed by atoms with van der Waals surface area (Å²) in [4.78, 5) is 25.7. The van der Waals surface area contributed by atoms with Crippen molar-refractivity contribution in [2.45, 2.75) is 6.92 Å². The van der Waals surface area contributed by atoms with Crippen LogP contribution < -0.4 is 14.8 Å². The van der Waals surface area contributed by atoms with Gasteiger partial charge < -0.3 is 24.4 Å². The van der Waals surface area contributed by atoms with E-state index in [0.29, 0.717) is 37.8 Å². The summed E-state index contributed by atoms with van der Waals surface area (Å²) in [6, 6.07) is 5.36. The number of ether oxygens (including phenoxy) is 3. The molecule has 0 unspecified atom stereocenters. The predicted molar refractivity (Wildman–Crippen MR) is 81.8 cm³/mol. The fraction of sp³-hybridized carbons (Fsp3) is 0.375. The Hall–Kier alpha value is -2.54. The summed E-state index contributed by atoms with van der Waals surface area (Å²) in [7, 11) is 0. The molecule has 0 spiro atoms. The van der Waals surface area contributed by atoms with Gasteiger partial charge in [-0.2, -0.15) is 0 Å². The molecule has 2 heterocycles. The van der Waals surface area contributed by atoms with Crippen LogP contribution in [0.4, 0.5) is 0 Å². The molecule has 7 heteroatoms. The monoisotopic (exact) mass is 318 g/mol. The molecule has 0 aromatic heterocycles. The Morgan fingerprint density at radius 1 is 1.17 bits per heavy atom. The summed E-state index contributed by atoms with van der Waals surface area (Å²) in [5.74, 6) is 0.780. The number of hydrogen-bond donors (Lipinski definition) is 1. The van der Waals surface area contributed by atoms with Crippen LogP contribution in [-0.4, -0.2) is 49.8 Å². The SMILES string of the molecule is CC(=O)NC(=Cc1ccc2c(c1)OCO2)C(=O)N1CCOCC1. The molecule has 122 valence electrons. The lowest BCUT2D eigenvalue weighted by atomic mass is 10.1. The van der Waals surface area contributed by atoms with E-state index in [9.17, 15) is 9.59 Å². The first-order valence-corrected chi connectivity index (χ1v) is 7.39. The van der Waals surface area contributed by atoms with Crippen molar-refractivity contribution in [3.63, 3.8) is 0 Å². The van der Waals surface area contributed by atoms with Crippen molar-refractivity contribution >= 4 is 17.9 Å². The second kappa shape index (κ2) is 6.70. The Balaban J connectivity index is 1.85. The highest BCUT2D eigenvalue weighted by Crippen LogP contribution is 2.33. The average molecular weight is 318 g/mol. The second-order valence-electron chi connectivity index (χ2n) is 5.26. The van der Waals surface area contributed by atoms with Crippen molar-refractivity contribution < 1.29 is 23.8 Å². The molecule has 0 bridgehead atoms. The molecule has 2 aliphatic heterocycles. The quantitative estimate of drug-likeness (QED) is 0.832. The molecule has 1 saturated heterocycles. The minimum absolute atomic E-state index is 0.188. The number of nitrogens with zero attached hydrogens (tertiary/aromatic N) is 1. The van der Waals surface area contributed by atoms with Crippen molar-refractivity contribution in [2.24, 2.45) is 0 Å². The van der Waals surface area contributed by atoms with E-state index in [1.807, 2.05) is 6.07 Å². The third-order valence-electron chi connectivity index (χ3n) is 3.55. The topological polar surface area (TPSA) is 77.1 Å². The summed E-state index contributed by atoms with van der Waals surface area (Å²) < 4.78 is 15.8. The summed E-state index contributed by atoms with van der Waals surface area (Å²) >= 11 is 0. The summed E-state index contributed by atoms with van der Waals surface area (Å²) in [5.41, 5.74) is 0.984. The van der Waals surface area contributed by atoms with Crippen LogP contribution in [0.1, 0.15) is 12.5 Å². The standard InChI is InChI=1S/C16H18N2O5/c1-11(19)17-13(16(20)18-4-6-21-7-5-18)8-12-2-3-14-15(9-12)23-10-22-14/h2-3,8-9H,4-7,10H2,1H3,(H,17,19). The van der Waals surface area contributed by atoms with Gasteiger partial charge in [-0.25, -0.2) is 0 Å². The Kier molecular flexibility index (Phi) is 4.47. The van der Waals surface area contributed by atoms with Crippen LogP contribution in [0.15, 0.2) is 23.9 Å². The molecule has 7 nitrogen and oxygen atoms in total. The zero-order valence-corrected chi connectivity index (χ0v) is 12.8. The molecule has 0 atom stereocenters.